The van der Waals surface area contributed by atoms with E-state index in [1.54, 1.807) is 0 Å². The van der Waals surface area contributed by atoms with Crippen molar-refractivity contribution in [2.75, 3.05) is 6.61 Å². The van der Waals surface area contributed by atoms with Crippen LogP contribution in [0.2, 0.25) is 0 Å². The predicted molar refractivity (Wildman–Crippen MR) is 50.1 cm³/mol. The van der Waals surface area contributed by atoms with Gasteiger partial charge in [-0.25, -0.2) is 4.79 Å². The van der Waals surface area contributed by atoms with Crippen LogP contribution in [0.15, 0.2) is 11.1 Å². The highest BCUT2D eigenvalue weighted by molar-refractivity contribution is 5.99. The fraction of sp³-hybridized carbons (Fsp3) is 0.727. The number of hydrogen-bond acceptors (Lipinski definition) is 2. The average molecular weight is 180 g/mol. The van der Waals surface area contributed by atoms with Crippen molar-refractivity contribution in [2.45, 2.75) is 27.2 Å². The third kappa shape index (κ3) is 1.19. The van der Waals surface area contributed by atoms with Crippen LogP contribution in [-0.2, 0) is 9.53 Å². The lowest BCUT2D eigenvalue weighted by molar-refractivity contribution is -0.137. The minimum atomic E-state index is -0.0600. The molecule has 0 radical (unpaired) electrons. The van der Waals surface area contributed by atoms with Crippen molar-refractivity contribution in [2.24, 2.45) is 17.8 Å². The number of esters is 1. The second-order valence-corrected chi connectivity index (χ2v) is 4.24. The molecule has 3 unspecified atom stereocenters. The molecule has 0 N–H and O–H groups in total. The van der Waals surface area contributed by atoms with Gasteiger partial charge in [0.2, 0.25) is 0 Å². The Kier molecular flexibility index (Phi) is 1.94. The molecule has 0 fully saturated rings. The highest BCUT2D eigenvalue weighted by Gasteiger charge is 2.50. The molecule has 0 spiro atoms. The molecule has 13 heavy (non-hydrogen) atoms. The van der Waals surface area contributed by atoms with E-state index in [4.69, 9.17) is 4.74 Å². The molecule has 0 aromatic heterocycles. The molecule has 0 amide bonds. The lowest BCUT2D eigenvalue weighted by atomic mass is 9.86. The Hall–Kier alpha value is -0.790. The van der Waals surface area contributed by atoms with Gasteiger partial charge in [-0.2, -0.15) is 0 Å². The van der Waals surface area contributed by atoms with E-state index in [9.17, 15) is 4.79 Å². The second-order valence-electron chi connectivity index (χ2n) is 4.24. The fourth-order valence-corrected chi connectivity index (χ4v) is 2.21. The van der Waals surface area contributed by atoms with Crippen LogP contribution in [-0.4, -0.2) is 12.6 Å². The molecule has 0 saturated heterocycles. The van der Waals surface area contributed by atoms with Crippen LogP contribution in [0.3, 0.4) is 0 Å². The van der Waals surface area contributed by atoms with Gasteiger partial charge >= 0.3 is 5.97 Å². The van der Waals surface area contributed by atoms with Crippen LogP contribution in [0.25, 0.3) is 0 Å². The van der Waals surface area contributed by atoms with E-state index in [1.807, 2.05) is 0 Å². The molecule has 2 aliphatic rings. The summed E-state index contributed by atoms with van der Waals surface area (Å²) in [5.41, 5.74) is 2.27. The van der Waals surface area contributed by atoms with Gasteiger partial charge in [0, 0.05) is 11.5 Å². The van der Waals surface area contributed by atoms with Gasteiger partial charge in [-0.15, -0.1) is 0 Å². The highest BCUT2D eigenvalue weighted by atomic mass is 16.5. The van der Waals surface area contributed by atoms with Gasteiger partial charge in [0.15, 0.2) is 0 Å². The number of hydrogen-bond donors (Lipinski definition) is 0. The molecule has 3 atom stereocenters. The maximum atomic E-state index is 11.2. The average Bonchev–Trinajstić information content (AvgIpc) is 2.75. The van der Waals surface area contributed by atoms with Crippen molar-refractivity contribution >= 4 is 5.97 Å². The second kappa shape index (κ2) is 2.86. The Bertz CT molecular complexity index is 278. The minimum Gasteiger partial charge on any atom is -0.458 e. The van der Waals surface area contributed by atoms with Gasteiger partial charge in [-0.05, 0) is 17.4 Å². The van der Waals surface area contributed by atoms with Gasteiger partial charge < -0.3 is 4.74 Å². The van der Waals surface area contributed by atoms with E-state index in [2.05, 4.69) is 20.8 Å². The minimum absolute atomic E-state index is 0.0600. The molecular formula is C11H16O2. The molecule has 1 aliphatic carbocycles. The van der Waals surface area contributed by atoms with Crippen molar-refractivity contribution < 1.29 is 9.53 Å². The van der Waals surface area contributed by atoms with Crippen LogP contribution < -0.4 is 0 Å². The molecule has 0 aromatic rings. The lowest BCUT2D eigenvalue weighted by Crippen LogP contribution is -2.17. The van der Waals surface area contributed by atoms with Crippen molar-refractivity contribution in [3.63, 3.8) is 0 Å². The number of ether oxygens (including phenoxy) is 1. The Morgan fingerprint density at radius 2 is 2.23 bits per heavy atom. The van der Waals surface area contributed by atoms with Gasteiger partial charge in [0.05, 0.1) is 0 Å². The van der Waals surface area contributed by atoms with Crippen LogP contribution in [0, 0.1) is 17.8 Å². The zero-order valence-corrected chi connectivity index (χ0v) is 8.46. The third-order valence-corrected chi connectivity index (χ3v) is 3.60. The van der Waals surface area contributed by atoms with Gasteiger partial charge in [0.1, 0.15) is 6.61 Å². The monoisotopic (exact) mass is 180 g/mol. The molecule has 2 nitrogen and oxygen atoms in total. The summed E-state index contributed by atoms with van der Waals surface area (Å²) in [6, 6.07) is 0. The molecule has 2 rings (SSSR count). The van der Waals surface area contributed by atoms with Crippen molar-refractivity contribution in [3.05, 3.63) is 11.1 Å². The number of carbonyl (C=O) groups excluding carboxylic acids is 1. The van der Waals surface area contributed by atoms with Crippen molar-refractivity contribution in [1.29, 1.82) is 0 Å². The van der Waals surface area contributed by atoms with E-state index in [0.717, 1.165) is 5.57 Å². The smallest absolute Gasteiger partial charge is 0.335 e. The molecule has 1 aliphatic heterocycles. The number of cyclic esters (lactones) is 1. The normalized spacial score (nSPS) is 29.8. The van der Waals surface area contributed by atoms with Gasteiger partial charge in [-0.1, -0.05) is 27.2 Å². The maximum absolute atomic E-state index is 11.2. The number of rotatable bonds is 3. The zero-order chi connectivity index (χ0) is 9.59. The highest BCUT2D eigenvalue weighted by Crippen LogP contribution is 2.51. The summed E-state index contributed by atoms with van der Waals surface area (Å²) in [5, 5.41) is 0. The molecule has 0 aromatic carbocycles. The first kappa shape index (κ1) is 8.79. The Balaban J connectivity index is 1.97. The molecule has 2 heteroatoms. The molecular weight excluding hydrogens is 164 g/mol. The van der Waals surface area contributed by atoms with Crippen LogP contribution in [0.1, 0.15) is 27.2 Å². The summed E-state index contributed by atoms with van der Waals surface area (Å²) in [6.07, 6.45) is 1.19. The van der Waals surface area contributed by atoms with E-state index >= 15 is 0 Å². The summed E-state index contributed by atoms with van der Waals surface area (Å²) >= 11 is 0. The van der Waals surface area contributed by atoms with E-state index in [1.165, 1.54) is 12.0 Å². The van der Waals surface area contributed by atoms with Crippen LogP contribution in [0.4, 0.5) is 0 Å². The largest absolute Gasteiger partial charge is 0.458 e. The zero-order valence-electron chi connectivity index (χ0n) is 8.46. The van der Waals surface area contributed by atoms with Crippen LogP contribution >= 0.6 is 0 Å². The predicted octanol–water partition coefficient (Wildman–Crippen LogP) is 2.15. The first-order valence-electron chi connectivity index (χ1n) is 5.06. The summed E-state index contributed by atoms with van der Waals surface area (Å²) in [7, 11) is 0. The number of carbonyl (C=O) groups is 1. The summed E-state index contributed by atoms with van der Waals surface area (Å²) in [6.45, 7) is 7.27. The first-order valence-corrected chi connectivity index (χ1v) is 5.06. The van der Waals surface area contributed by atoms with E-state index in [0.29, 0.717) is 24.4 Å². The van der Waals surface area contributed by atoms with E-state index in [-0.39, 0.29) is 5.97 Å². The third-order valence-electron chi connectivity index (χ3n) is 3.60. The Morgan fingerprint density at radius 3 is 2.69 bits per heavy atom. The van der Waals surface area contributed by atoms with E-state index < -0.39 is 0 Å². The topological polar surface area (TPSA) is 26.3 Å². The summed E-state index contributed by atoms with van der Waals surface area (Å²) < 4.78 is 4.90. The molecule has 72 valence electrons. The maximum Gasteiger partial charge on any atom is 0.335 e. The molecule has 1 heterocycles. The molecule has 0 saturated carbocycles. The summed E-state index contributed by atoms with van der Waals surface area (Å²) in [5.74, 6) is 1.72. The van der Waals surface area contributed by atoms with Gasteiger partial charge in [-0.3, -0.25) is 0 Å². The SMILES string of the molecule is CCC(C)C(C)C1C2=C1C(=O)OC2. The quantitative estimate of drug-likeness (QED) is 0.622. The Labute approximate surface area is 79.0 Å². The van der Waals surface area contributed by atoms with Crippen molar-refractivity contribution in [3.8, 4) is 0 Å². The molecule has 0 bridgehead atoms. The lowest BCUT2D eigenvalue weighted by Gasteiger charge is -2.20. The first-order chi connectivity index (χ1) is 6.16. The fourth-order valence-electron chi connectivity index (χ4n) is 2.21. The van der Waals surface area contributed by atoms with Crippen LogP contribution in [0.5, 0.6) is 0 Å². The van der Waals surface area contributed by atoms with Gasteiger partial charge in [0.25, 0.3) is 0 Å². The summed E-state index contributed by atoms with van der Waals surface area (Å²) in [4.78, 5) is 11.2. The standard InChI is InChI=1S/C11H16O2/c1-4-6(2)7(3)9-8-5-13-11(12)10(8)9/h6-7,9H,4-5H2,1-3H3. The Morgan fingerprint density at radius 1 is 1.54 bits per heavy atom. The van der Waals surface area contributed by atoms with Crippen molar-refractivity contribution in [1.82, 2.24) is 0 Å².